The van der Waals surface area contributed by atoms with Crippen LogP contribution in [0.4, 0.5) is 0 Å². The molecule has 0 aromatic heterocycles. The molecule has 1 aliphatic rings. The monoisotopic (exact) mass is 585 g/mol. The number of nitrogens with two attached hydrogens (primary N) is 1. The molecule has 0 aliphatic carbocycles. The molecular weight excluding hydrogens is 520 g/mol. The summed E-state index contributed by atoms with van der Waals surface area (Å²) in [5.74, 6) is 2.06. The molecule has 2 nitrogen and oxygen atoms in total. The Hall–Kier alpha value is -2.84. The van der Waals surface area contributed by atoms with Gasteiger partial charge >= 0.3 is 0 Å². The van der Waals surface area contributed by atoms with Gasteiger partial charge in [-0.15, -0.1) is 0 Å². The van der Waals surface area contributed by atoms with E-state index in [4.69, 9.17) is 0 Å². The fraction of sp³-hybridized carbons (Fsp3) is 0.512. The van der Waals surface area contributed by atoms with Crippen LogP contribution >= 0.6 is 0 Å². The van der Waals surface area contributed by atoms with Gasteiger partial charge in [-0.3, -0.25) is 0 Å². The highest BCUT2D eigenvalue weighted by molar-refractivity contribution is 5.34. The highest BCUT2D eigenvalue weighted by Crippen LogP contribution is 2.30. The summed E-state index contributed by atoms with van der Waals surface area (Å²) in [6, 6.07) is 20.2. The van der Waals surface area contributed by atoms with Gasteiger partial charge in [0.2, 0.25) is 0 Å². The van der Waals surface area contributed by atoms with E-state index in [1.165, 1.54) is 86.5 Å². The molecule has 2 unspecified atom stereocenters. The topological polar surface area (TPSA) is 29.3 Å². The number of hydrogen-bond donors (Lipinski definition) is 1. The van der Waals surface area contributed by atoms with E-state index in [0.717, 1.165) is 31.2 Å². The highest BCUT2D eigenvalue weighted by Gasteiger charge is 2.24. The van der Waals surface area contributed by atoms with Crippen LogP contribution in [0, 0.1) is 18.8 Å². The normalized spacial score (nSPS) is 15.5. The molecule has 2 N–H and O–H groups in total. The van der Waals surface area contributed by atoms with Gasteiger partial charge in [-0.2, -0.15) is 0 Å². The summed E-state index contributed by atoms with van der Waals surface area (Å²) in [7, 11) is 0. The number of unbranched alkanes of at least 4 members (excludes halogenated alkanes) is 1. The maximum atomic E-state index is 4.61. The molecule has 0 spiro atoms. The second kappa shape index (κ2) is 23.6. The van der Waals surface area contributed by atoms with Crippen molar-refractivity contribution in [2.45, 2.75) is 105 Å². The van der Waals surface area contributed by atoms with Crippen LogP contribution in [0.2, 0.25) is 0 Å². The van der Waals surface area contributed by atoms with E-state index in [2.05, 4.69) is 124 Å². The Bertz CT molecular complexity index is 1040. The van der Waals surface area contributed by atoms with Crippen LogP contribution < -0.4 is 5.73 Å². The number of hydrogen-bond acceptors (Lipinski definition) is 2. The van der Waals surface area contributed by atoms with E-state index in [9.17, 15) is 0 Å². The second-order valence-electron chi connectivity index (χ2n) is 12.0. The van der Waals surface area contributed by atoms with Gasteiger partial charge in [0.1, 0.15) is 0 Å². The van der Waals surface area contributed by atoms with Crippen LogP contribution in [-0.4, -0.2) is 24.5 Å². The third kappa shape index (κ3) is 16.0. The van der Waals surface area contributed by atoms with Gasteiger partial charge in [0.05, 0.1) is 0 Å². The molecule has 238 valence electrons. The quantitative estimate of drug-likeness (QED) is 0.211. The van der Waals surface area contributed by atoms with E-state index in [-0.39, 0.29) is 0 Å². The molecule has 0 radical (unpaired) electrons. The summed E-state index contributed by atoms with van der Waals surface area (Å²) in [5, 5.41) is 0. The zero-order valence-corrected chi connectivity index (χ0v) is 28.7. The van der Waals surface area contributed by atoms with Crippen molar-refractivity contribution in [2.75, 3.05) is 19.6 Å². The SMILES string of the molecule is C=C(/C=C\C=C(/CC)CC1CCN(CC(c2ccccc2)c2ccc(C)cc2)CC1)CCC(C)CCCC.C=CN.CC. The Kier molecular flexibility index (Phi) is 21.0. The molecule has 3 rings (SSSR count). The number of rotatable bonds is 15. The van der Waals surface area contributed by atoms with Crippen LogP contribution in [-0.2, 0) is 0 Å². The molecule has 1 aliphatic heterocycles. The first-order chi connectivity index (χ1) is 20.9. The first kappa shape index (κ1) is 38.2. The molecule has 2 atom stereocenters. The average Bonchev–Trinajstić information content (AvgIpc) is 3.04. The van der Waals surface area contributed by atoms with Crippen molar-refractivity contribution in [3.8, 4) is 0 Å². The lowest BCUT2D eigenvalue weighted by molar-refractivity contribution is 0.179. The van der Waals surface area contributed by atoms with Gasteiger partial charge in [0.25, 0.3) is 0 Å². The Morgan fingerprint density at radius 2 is 1.58 bits per heavy atom. The van der Waals surface area contributed by atoms with Crippen LogP contribution in [0.1, 0.15) is 115 Å². The van der Waals surface area contributed by atoms with E-state index in [1.807, 2.05) is 13.8 Å². The molecule has 1 saturated heterocycles. The molecule has 1 heterocycles. The smallest absolute Gasteiger partial charge is 0.0217 e. The van der Waals surface area contributed by atoms with Crippen LogP contribution in [0.15, 0.2) is 103 Å². The molecule has 2 aromatic rings. The molecule has 1 fully saturated rings. The molecule has 2 heteroatoms. The van der Waals surface area contributed by atoms with Crippen molar-refractivity contribution in [3.05, 3.63) is 120 Å². The predicted octanol–water partition coefficient (Wildman–Crippen LogP) is 11.4. The minimum atomic E-state index is 0.437. The fourth-order valence-corrected chi connectivity index (χ4v) is 5.75. The van der Waals surface area contributed by atoms with Gasteiger partial charge in [0.15, 0.2) is 0 Å². The third-order valence-electron chi connectivity index (χ3n) is 8.51. The Balaban J connectivity index is 0.00000174. The van der Waals surface area contributed by atoms with Crippen molar-refractivity contribution in [2.24, 2.45) is 17.6 Å². The molecule has 0 bridgehead atoms. The van der Waals surface area contributed by atoms with Gasteiger partial charge in [-0.05, 0) is 87.7 Å². The lowest BCUT2D eigenvalue weighted by atomic mass is 9.86. The van der Waals surface area contributed by atoms with Crippen molar-refractivity contribution >= 4 is 0 Å². The van der Waals surface area contributed by atoms with Gasteiger partial charge < -0.3 is 10.6 Å². The Morgan fingerprint density at radius 1 is 0.977 bits per heavy atom. The van der Waals surface area contributed by atoms with Gasteiger partial charge in [-0.25, -0.2) is 0 Å². The molecule has 2 aromatic carbocycles. The van der Waals surface area contributed by atoms with Gasteiger partial charge in [0, 0.05) is 12.5 Å². The molecule has 43 heavy (non-hydrogen) atoms. The summed E-state index contributed by atoms with van der Waals surface area (Å²) in [6.07, 6.45) is 19.5. The molecular formula is C41H64N2. The zero-order chi connectivity index (χ0) is 31.9. The largest absolute Gasteiger partial charge is 0.405 e. The van der Waals surface area contributed by atoms with E-state index >= 15 is 0 Å². The van der Waals surface area contributed by atoms with Crippen molar-refractivity contribution in [1.82, 2.24) is 4.90 Å². The maximum Gasteiger partial charge on any atom is 0.0217 e. The van der Waals surface area contributed by atoms with E-state index in [0.29, 0.717) is 5.92 Å². The number of aryl methyl sites for hydroxylation is 1. The summed E-state index contributed by atoms with van der Waals surface area (Å²) >= 11 is 0. The second-order valence-corrected chi connectivity index (χ2v) is 12.0. The van der Waals surface area contributed by atoms with Crippen molar-refractivity contribution in [1.29, 1.82) is 0 Å². The number of benzene rings is 2. The number of piperidine rings is 1. The Labute approximate surface area is 266 Å². The summed E-state index contributed by atoms with van der Waals surface area (Å²) in [4.78, 5) is 2.70. The maximum absolute atomic E-state index is 4.61. The number of nitrogens with zero attached hydrogens (tertiary/aromatic N) is 1. The first-order valence-electron chi connectivity index (χ1n) is 17.1. The van der Waals surface area contributed by atoms with Crippen LogP contribution in [0.3, 0.4) is 0 Å². The minimum absolute atomic E-state index is 0.437. The first-order valence-corrected chi connectivity index (χ1v) is 17.1. The summed E-state index contributed by atoms with van der Waals surface area (Å²) in [5.41, 5.74) is 11.7. The number of allylic oxidation sites excluding steroid dienone is 5. The third-order valence-corrected chi connectivity index (χ3v) is 8.51. The predicted molar refractivity (Wildman–Crippen MR) is 194 cm³/mol. The van der Waals surface area contributed by atoms with Crippen LogP contribution in [0.5, 0.6) is 0 Å². The lowest BCUT2D eigenvalue weighted by Crippen LogP contribution is -2.37. The average molecular weight is 585 g/mol. The number of likely N-dealkylation sites (tertiary alicyclic amines) is 1. The summed E-state index contributed by atoms with van der Waals surface area (Å²) in [6.45, 7) is 24.1. The standard InChI is InChI=1S/C37H53N.C2H5N.C2H6/c1-6-8-13-30(3)18-19-31(4)14-12-15-33(7-2)28-34-24-26-38(27-25-34)29-37(35-16-10-9-11-17-35)36-22-20-32(5)21-23-36;1-2-3;1-2/h9-12,14-17,20-23,30,34,37H,4,6-8,13,18-19,24-29H2,1-3,5H3;2H,1,3H2;1-2H3/b14-12-,33-15+;;. The minimum Gasteiger partial charge on any atom is -0.405 e. The summed E-state index contributed by atoms with van der Waals surface area (Å²) < 4.78 is 0. The lowest BCUT2D eigenvalue weighted by Gasteiger charge is -2.35. The van der Waals surface area contributed by atoms with E-state index in [1.54, 1.807) is 5.57 Å². The van der Waals surface area contributed by atoms with Crippen molar-refractivity contribution in [3.63, 3.8) is 0 Å². The van der Waals surface area contributed by atoms with Crippen molar-refractivity contribution < 1.29 is 0 Å². The highest BCUT2D eigenvalue weighted by atomic mass is 15.1. The Morgan fingerprint density at radius 3 is 2.16 bits per heavy atom. The zero-order valence-electron chi connectivity index (χ0n) is 28.7. The fourth-order valence-electron chi connectivity index (χ4n) is 5.75. The molecule has 0 saturated carbocycles. The molecule has 0 amide bonds. The van der Waals surface area contributed by atoms with Crippen LogP contribution in [0.25, 0.3) is 0 Å². The van der Waals surface area contributed by atoms with Gasteiger partial charge in [-0.1, -0.05) is 157 Å². The van der Waals surface area contributed by atoms with E-state index < -0.39 is 0 Å².